The van der Waals surface area contributed by atoms with Gasteiger partial charge in [-0.25, -0.2) is 4.57 Å². The Morgan fingerprint density at radius 2 is 0.918 bits per heavy atom. The zero-order chi connectivity index (χ0) is 45.1. The summed E-state index contributed by atoms with van der Waals surface area (Å²) < 4.78 is 23.0. The molecule has 0 aromatic rings. The first kappa shape index (κ1) is 58.1. The SMILES string of the molecule is CCCCCCCCC/C=C\CCCCCC(O)CC(=O)NC(COP(=O)(O)OC1C(O)C(O)C(O)C(O)C1O)C(O)CCCCCCCCCCCCCCCCCCC. The van der Waals surface area contributed by atoms with Gasteiger partial charge in [-0.3, -0.25) is 13.8 Å². The van der Waals surface area contributed by atoms with Crippen molar-refractivity contribution in [3.8, 4) is 0 Å². The van der Waals surface area contributed by atoms with E-state index in [1.54, 1.807) is 0 Å². The summed E-state index contributed by atoms with van der Waals surface area (Å²) in [6.07, 6.45) is 25.4. The Labute approximate surface area is 370 Å². The number of amides is 1. The number of allylic oxidation sites excluding steroid dienone is 2. The van der Waals surface area contributed by atoms with Crippen molar-refractivity contribution in [2.45, 2.75) is 274 Å². The lowest BCUT2D eigenvalue weighted by atomic mass is 9.85. The molecule has 0 radical (unpaired) electrons. The molecule has 61 heavy (non-hydrogen) atoms. The summed E-state index contributed by atoms with van der Waals surface area (Å²) in [7, 11) is -5.12. The van der Waals surface area contributed by atoms with Gasteiger partial charge in [-0.1, -0.05) is 187 Å². The van der Waals surface area contributed by atoms with Gasteiger partial charge in [-0.15, -0.1) is 0 Å². The number of carbonyl (C=O) groups is 1. The molecule has 9 N–H and O–H groups in total. The fourth-order valence-electron chi connectivity index (χ4n) is 8.06. The summed E-state index contributed by atoms with van der Waals surface area (Å²) >= 11 is 0. The number of aliphatic hydroxyl groups excluding tert-OH is 7. The van der Waals surface area contributed by atoms with Crippen molar-refractivity contribution in [1.82, 2.24) is 5.32 Å². The molecule has 14 heteroatoms. The summed E-state index contributed by atoms with van der Waals surface area (Å²) in [5.41, 5.74) is 0. The van der Waals surface area contributed by atoms with Gasteiger partial charge >= 0.3 is 7.82 Å². The first-order valence-electron chi connectivity index (χ1n) is 24.7. The highest BCUT2D eigenvalue weighted by Crippen LogP contribution is 2.47. The highest BCUT2D eigenvalue weighted by atomic mass is 31.2. The quantitative estimate of drug-likeness (QED) is 0.0160. The Balaban J connectivity index is 2.50. The molecule has 13 nitrogen and oxygen atoms in total. The van der Waals surface area contributed by atoms with E-state index >= 15 is 0 Å². The van der Waals surface area contributed by atoms with E-state index in [0.717, 1.165) is 57.8 Å². The minimum atomic E-state index is -5.12. The Morgan fingerprint density at radius 1 is 0.557 bits per heavy atom. The van der Waals surface area contributed by atoms with Crippen LogP contribution in [0.1, 0.15) is 219 Å². The number of phosphoric ester groups is 1. The fraction of sp³-hybridized carbons (Fsp3) is 0.936. The van der Waals surface area contributed by atoms with Crippen LogP contribution in [0.25, 0.3) is 0 Å². The average molecular weight is 894 g/mol. The van der Waals surface area contributed by atoms with Crippen LogP contribution in [0.2, 0.25) is 0 Å². The maximum atomic E-state index is 13.0. The molecule has 8 atom stereocenters. The fourth-order valence-corrected chi connectivity index (χ4v) is 9.03. The molecule has 0 aromatic heterocycles. The largest absolute Gasteiger partial charge is 0.472 e. The third kappa shape index (κ3) is 29.2. The summed E-state index contributed by atoms with van der Waals surface area (Å²) in [5, 5.41) is 74.7. The van der Waals surface area contributed by atoms with Crippen LogP contribution in [-0.4, -0.2) is 108 Å². The van der Waals surface area contributed by atoms with Gasteiger partial charge in [0, 0.05) is 0 Å². The van der Waals surface area contributed by atoms with E-state index in [0.29, 0.717) is 12.8 Å². The Morgan fingerprint density at radius 3 is 1.36 bits per heavy atom. The second-order valence-electron chi connectivity index (χ2n) is 17.9. The molecule has 0 heterocycles. The van der Waals surface area contributed by atoms with Crippen molar-refractivity contribution in [2.24, 2.45) is 0 Å². The molecule has 1 fully saturated rings. The minimum Gasteiger partial charge on any atom is -0.393 e. The second-order valence-corrected chi connectivity index (χ2v) is 19.3. The minimum absolute atomic E-state index is 0.230. The third-order valence-electron chi connectivity index (χ3n) is 12.1. The summed E-state index contributed by atoms with van der Waals surface area (Å²) in [5.74, 6) is -0.567. The van der Waals surface area contributed by atoms with Gasteiger partial charge in [0.25, 0.3) is 0 Å². The zero-order valence-electron chi connectivity index (χ0n) is 38.3. The van der Waals surface area contributed by atoms with Crippen molar-refractivity contribution >= 4 is 13.7 Å². The standard InChI is InChI=1S/C47H92NO12P/c1-3-5-7-9-11-13-15-17-19-20-21-23-25-27-29-31-33-35-40(50)39(37-59-61(57,58)60-47-45(55)43(53)42(52)44(54)46(47)56)48-41(51)36-38(49)34-32-30-28-26-24-22-18-16-14-12-10-8-6-4-2/h22,24,38-40,42-47,49-50,52-56H,3-21,23,25-37H2,1-2H3,(H,48,51)(H,57,58)/b24-22-. The normalized spacial score (nSPS) is 23.2. The number of hydrogen-bond donors (Lipinski definition) is 9. The molecule has 1 aliphatic carbocycles. The van der Waals surface area contributed by atoms with Gasteiger partial charge in [0.05, 0.1) is 31.3 Å². The summed E-state index contributed by atoms with van der Waals surface area (Å²) in [6.45, 7) is 3.79. The van der Waals surface area contributed by atoms with E-state index in [1.807, 2.05) is 0 Å². The molecule has 0 saturated heterocycles. The van der Waals surface area contributed by atoms with Crippen LogP contribution >= 0.6 is 7.82 Å². The average Bonchev–Trinajstić information content (AvgIpc) is 3.23. The highest BCUT2D eigenvalue weighted by molar-refractivity contribution is 7.47. The van der Waals surface area contributed by atoms with Gasteiger partial charge in [0.2, 0.25) is 5.91 Å². The first-order chi connectivity index (χ1) is 29.3. The molecule has 0 aliphatic heterocycles. The predicted molar refractivity (Wildman–Crippen MR) is 243 cm³/mol. The summed E-state index contributed by atoms with van der Waals surface area (Å²) in [6, 6.07) is -1.16. The lowest BCUT2D eigenvalue weighted by molar-refractivity contribution is -0.220. The zero-order valence-corrected chi connectivity index (χ0v) is 39.2. The van der Waals surface area contributed by atoms with Crippen LogP contribution in [0.5, 0.6) is 0 Å². The monoisotopic (exact) mass is 894 g/mol. The molecule has 1 rings (SSSR count). The van der Waals surface area contributed by atoms with E-state index in [2.05, 4.69) is 31.3 Å². The lowest BCUT2D eigenvalue weighted by Crippen LogP contribution is -2.64. The molecule has 1 aliphatic rings. The molecule has 8 unspecified atom stereocenters. The van der Waals surface area contributed by atoms with E-state index in [9.17, 15) is 50.0 Å². The molecular weight excluding hydrogens is 801 g/mol. The van der Waals surface area contributed by atoms with E-state index < -0.39 is 75.2 Å². The van der Waals surface area contributed by atoms with Gasteiger partial charge in [-0.05, 0) is 38.5 Å². The van der Waals surface area contributed by atoms with Crippen molar-refractivity contribution in [3.63, 3.8) is 0 Å². The number of unbranched alkanes of at least 4 members (excludes halogenated alkanes) is 26. The maximum absolute atomic E-state index is 13.0. The van der Waals surface area contributed by atoms with Crippen LogP contribution in [0, 0.1) is 0 Å². The molecule has 362 valence electrons. The van der Waals surface area contributed by atoms with E-state index in [1.165, 1.54) is 122 Å². The van der Waals surface area contributed by atoms with Crippen molar-refractivity contribution in [3.05, 3.63) is 12.2 Å². The van der Waals surface area contributed by atoms with Gasteiger partial charge in [0.1, 0.15) is 36.6 Å². The summed E-state index contributed by atoms with van der Waals surface area (Å²) in [4.78, 5) is 23.5. The van der Waals surface area contributed by atoms with Crippen LogP contribution < -0.4 is 5.32 Å². The number of hydrogen-bond acceptors (Lipinski definition) is 11. The number of nitrogens with one attached hydrogen (secondary N) is 1. The maximum Gasteiger partial charge on any atom is 0.472 e. The molecule has 0 bridgehead atoms. The molecule has 0 spiro atoms. The van der Waals surface area contributed by atoms with Crippen molar-refractivity contribution in [2.75, 3.05) is 6.61 Å². The topological polar surface area (TPSA) is 226 Å². The first-order valence-corrected chi connectivity index (χ1v) is 26.2. The number of carbonyl (C=O) groups excluding carboxylic acids is 1. The number of phosphoric acid groups is 1. The van der Waals surface area contributed by atoms with Crippen molar-refractivity contribution in [1.29, 1.82) is 0 Å². The lowest BCUT2D eigenvalue weighted by Gasteiger charge is -2.41. The van der Waals surface area contributed by atoms with Crippen LogP contribution in [0.4, 0.5) is 0 Å². The smallest absolute Gasteiger partial charge is 0.393 e. The Bertz CT molecular complexity index is 1100. The Hall–Kier alpha value is -0.960. The molecule has 0 aromatic carbocycles. The molecule has 1 saturated carbocycles. The van der Waals surface area contributed by atoms with Gasteiger partial charge in [-0.2, -0.15) is 0 Å². The van der Waals surface area contributed by atoms with E-state index in [4.69, 9.17) is 9.05 Å². The highest BCUT2D eigenvalue weighted by Gasteiger charge is 2.51. The number of aliphatic hydroxyl groups is 7. The van der Waals surface area contributed by atoms with Gasteiger partial charge in [0.15, 0.2) is 0 Å². The van der Waals surface area contributed by atoms with Gasteiger partial charge < -0.3 is 46.0 Å². The van der Waals surface area contributed by atoms with Crippen LogP contribution in [-0.2, 0) is 18.4 Å². The molecule has 1 amide bonds. The number of rotatable bonds is 41. The second kappa shape index (κ2) is 37.3. The van der Waals surface area contributed by atoms with E-state index in [-0.39, 0.29) is 12.8 Å². The molecular formula is C47H92NO12P. The van der Waals surface area contributed by atoms with Crippen LogP contribution in [0.3, 0.4) is 0 Å². The predicted octanol–water partition coefficient (Wildman–Crippen LogP) is 8.59. The third-order valence-corrected chi connectivity index (χ3v) is 13.1. The van der Waals surface area contributed by atoms with Crippen LogP contribution in [0.15, 0.2) is 12.2 Å². The van der Waals surface area contributed by atoms with Crippen molar-refractivity contribution < 1.29 is 59.0 Å². The Kier molecular flexibility index (Phi) is 35.5.